The van der Waals surface area contributed by atoms with Gasteiger partial charge >= 0.3 is 0 Å². The lowest BCUT2D eigenvalue weighted by molar-refractivity contribution is 0.951. The maximum absolute atomic E-state index is 4.35. The predicted octanol–water partition coefficient (Wildman–Crippen LogP) is 2.95. The van der Waals surface area contributed by atoms with Gasteiger partial charge in [0.05, 0.1) is 32.0 Å². The highest BCUT2D eigenvalue weighted by atomic mass is 79.9. The summed E-state index contributed by atoms with van der Waals surface area (Å²) in [6, 6.07) is 2.03. The summed E-state index contributed by atoms with van der Waals surface area (Å²) in [5, 5.41) is 0. The first-order valence-corrected chi connectivity index (χ1v) is 5.72. The Kier molecular flexibility index (Phi) is 1.66. The number of aryl methyl sites for hydroxylation is 1. The van der Waals surface area contributed by atoms with Gasteiger partial charge in [-0.25, -0.2) is 4.98 Å². The molecule has 70 valence electrons. The van der Waals surface area contributed by atoms with Gasteiger partial charge in [0.15, 0.2) is 0 Å². The summed E-state index contributed by atoms with van der Waals surface area (Å²) in [6.07, 6.45) is 3.64. The minimum absolute atomic E-state index is 0.953. The third-order valence-electron chi connectivity index (χ3n) is 2.19. The molecule has 5 heteroatoms. The van der Waals surface area contributed by atoms with Crippen LogP contribution in [-0.2, 0) is 7.05 Å². The number of fused-ring (bicyclic) bond motifs is 3. The van der Waals surface area contributed by atoms with Crippen molar-refractivity contribution in [3.05, 3.63) is 22.4 Å². The number of rotatable bonds is 0. The lowest BCUT2D eigenvalue weighted by Crippen LogP contribution is -1.84. The van der Waals surface area contributed by atoms with E-state index in [1.54, 1.807) is 11.3 Å². The van der Waals surface area contributed by atoms with Gasteiger partial charge in [0.25, 0.3) is 0 Å². The standard InChI is InChI=1S/C9H6BrN3S/c1-13-4-12-6-3-11-5-2-7(10)14-9(5)8(6)13/h2-4H,1H3. The SMILES string of the molecule is Cn1cnc2cnc3cc(Br)sc3c21. The smallest absolute Gasteiger partial charge is 0.108 e. The van der Waals surface area contributed by atoms with Gasteiger partial charge in [0, 0.05) is 7.05 Å². The summed E-state index contributed by atoms with van der Waals surface area (Å²) in [4.78, 5) is 8.62. The van der Waals surface area contributed by atoms with E-state index in [4.69, 9.17) is 0 Å². The first kappa shape index (κ1) is 8.38. The number of halogens is 1. The average Bonchev–Trinajstić information content (AvgIpc) is 2.68. The summed E-state index contributed by atoms with van der Waals surface area (Å²) in [7, 11) is 2.00. The van der Waals surface area contributed by atoms with Crippen LogP contribution in [0, 0.1) is 0 Å². The third kappa shape index (κ3) is 1.02. The highest BCUT2D eigenvalue weighted by Crippen LogP contribution is 2.32. The Bertz CT molecular complexity index is 625. The largest absolute Gasteiger partial charge is 0.332 e. The molecule has 3 nitrogen and oxygen atoms in total. The van der Waals surface area contributed by atoms with Crippen molar-refractivity contribution in [3.63, 3.8) is 0 Å². The Labute approximate surface area is 92.5 Å². The second-order valence-electron chi connectivity index (χ2n) is 3.11. The van der Waals surface area contributed by atoms with E-state index in [0.717, 1.165) is 20.3 Å². The van der Waals surface area contributed by atoms with Crippen molar-refractivity contribution < 1.29 is 0 Å². The second kappa shape index (κ2) is 2.77. The van der Waals surface area contributed by atoms with Gasteiger partial charge in [-0.2, -0.15) is 0 Å². The molecular formula is C9H6BrN3S. The van der Waals surface area contributed by atoms with Crippen molar-refractivity contribution >= 4 is 48.5 Å². The van der Waals surface area contributed by atoms with E-state index in [-0.39, 0.29) is 0 Å². The molecule has 0 aromatic carbocycles. The van der Waals surface area contributed by atoms with Crippen LogP contribution in [0.4, 0.5) is 0 Å². The van der Waals surface area contributed by atoms with Crippen LogP contribution >= 0.6 is 27.3 Å². The van der Waals surface area contributed by atoms with Gasteiger partial charge in [-0.3, -0.25) is 4.98 Å². The van der Waals surface area contributed by atoms with E-state index < -0.39 is 0 Å². The Hall–Kier alpha value is -0.940. The second-order valence-corrected chi connectivity index (χ2v) is 5.54. The Morgan fingerprint density at radius 3 is 3.07 bits per heavy atom. The molecule has 3 aromatic heterocycles. The van der Waals surface area contributed by atoms with Gasteiger partial charge in [-0.05, 0) is 22.0 Å². The van der Waals surface area contributed by atoms with Crippen LogP contribution in [0.5, 0.6) is 0 Å². The van der Waals surface area contributed by atoms with Crippen molar-refractivity contribution in [1.29, 1.82) is 0 Å². The first-order valence-electron chi connectivity index (χ1n) is 4.11. The number of thiophene rings is 1. The van der Waals surface area contributed by atoms with E-state index in [0.29, 0.717) is 0 Å². The molecule has 3 heterocycles. The number of nitrogens with zero attached hydrogens (tertiary/aromatic N) is 3. The number of aromatic nitrogens is 3. The number of hydrogen-bond donors (Lipinski definition) is 0. The van der Waals surface area contributed by atoms with Crippen molar-refractivity contribution in [3.8, 4) is 0 Å². The predicted molar refractivity (Wildman–Crippen MR) is 61.6 cm³/mol. The van der Waals surface area contributed by atoms with Crippen molar-refractivity contribution in [1.82, 2.24) is 14.5 Å². The molecule has 0 radical (unpaired) electrons. The van der Waals surface area contributed by atoms with Crippen LogP contribution in [0.25, 0.3) is 21.3 Å². The summed E-state index contributed by atoms with van der Waals surface area (Å²) in [5.74, 6) is 0. The van der Waals surface area contributed by atoms with E-state index in [1.807, 2.05) is 30.2 Å². The van der Waals surface area contributed by atoms with Crippen LogP contribution in [0.15, 0.2) is 22.4 Å². The quantitative estimate of drug-likeness (QED) is 0.627. The van der Waals surface area contributed by atoms with Crippen molar-refractivity contribution in [2.45, 2.75) is 0 Å². The fourth-order valence-corrected chi connectivity index (χ4v) is 3.20. The Morgan fingerprint density at radius 2 is 2.21 bits per heavy atom. The van der Waals surface area contributed by atoms with E-state index >= 15 is 0 Å². The third-order valence-corrected chi connectivity index (χ3v) is 3.82. The Morgan fingerprint density at radius 1 is 1.36 bits per heavy atom. The molecule has 3 rings (SSSR count). The topological polar surface area (TPSA) is 30.7 Å². The van der Waals surface area contributed by atoms with Crippen LogP contribution < -0.4 is 0 Å². The molecule has 0 atom stereocenters. The molecule has 0 fully saturated rings. The van der Waals surface area contributed by atoms with E-state index in [1.165, 1.54) is 4.70 Å². The van der Waals surface area contributed by atoms with Gasteiger partial charge in [-0.15, -0.1) is 11.3 Å². The van der Waals surface area contributed by atoms with Crippen LogP contribution in [0.2, 0.25) is 0 Å². The molecule has 0 aliphatic heterocycles. The molecule has 0 spiro atoms. The molecule has 0 bridgehead atoms. The monoisotopic (exact) mass is 267 g/mol. The highest BCUT2D eigenvalue weighted by Gasteiger charge is 2.08. The normalized spacial score (nSPS) is 11.6. The minimum atomic E-state index is 0.953. The van der Waals surface area contributed by atoms with Crippen molar-refractivity contribution in [2.75, 3.05) is 0 Å². The van der Waals surface area contributed by atoms with Crippen LogP contribution in [0.1, 0.15) is 0 Å². The number of imidazole rings is 1. The minimum Gasteiger partial charge on any atom is -0.332 e. The lowest BCUT2D eigenvalue weighted by Gasteiger charge is -1.94. The molecule has 0 aliphatic rings. The number of hydrogen-bond acceptors (Lipinski definition) is 3. The summed E-state index contributed by atoms with van der Waals surface area (Å²) >= 11 is 5.17. The van der Waals surface area contributed by atoms with Gasteiger partial charge in [0.2, 0.25) is 0 Å². The van der Waals surface area contributed by atoms with Gasteiger partial charge in [-0.1, -0.05) is 0 Å². The molecule has 0 amide bonds. The maximum Gasteiger partial charge on any atom is 0.108 e. The zero-order chi connectivity index (χ0) is 9.71. The molecular weight excluding hydrogens is 262 g/mol. The lowest BCUT2D eigenvalue weighted by atomic mass is 10.3. The molecule has 0 saturated heterocycles. The fourth-order valence-electron chi connectivity index (χ4n) is 1.57. The molecule has 0 saturated carbocycles. The van der Waals surface area contributed by atoms with E-state index in [2.05, 4.69) is 25.9 Å². The van der Waals surface area contributed by atoms with Gasteiger partial charge < -0.3 is 4.57 Å². The highest BCUT2D eigenvalue weighted by molar-refractivity contribution is 9.11. The van der Waals surface area contributed by atoms with Crippen LogP contribution in [0.3, 0.4) is 0 Å². The summed E-state index contributed by atoms with van der Waals surface area (Å²) < 4.78 is 4.32. The molecule has 0 N–H and O–H groups in total. The summed E-state index contributed by atoms with van der Waals surface area (Å²) in [5.41, 5.74) is 3.14. The zero-order valence-corrected chi connectivity index (χ0v) is 9.76. The molecule has 14 heavy (non-hydrogen) atoms. The van der Waals surface area contributed by atoms with Gasteiger partial charge in [0.1, 0.15) is 5.52 Å². The molecule has 0 aliphatic carbocycles. The maximum atomic E-state index is 4.35. The first-order chi connectivity index (χ1) is 6.75. The summed E-state index contributed by atoms with van der Waals surface area (Å²) in [6.45, 7) is 0. The van der Waals surface area contributed by atoms with Crippen LogP contribution in [-0.4, -0.2) is 14.5 Å². The Balaban J connectivity index is 2.64. The van der Waals surface area contributed by atoms with Crippen molar-refractivity contribution in [2.24, 2.45) is 7.05 Å². The zero-order valence-electron chi connectivity index (χ0n) is 7.36. The average molecular weight is 268 g/mol. The molecule has 3 aromatic rings. The number of pyridine rings is 1. The van der Waals surface area contributed by atoms with E-state index in [9.17, 15) is 0 Å². The fraction of sp³-hybridized carbons (Fsp3) is 0.111. The molecule has 0 unspecified atom stereocenters.